The monoisotopic (exact) mass is 452 g/mol. The molecule has 178 valence electrons. The molecule has 1 aliphatic carbocycles. The smallest absolute Gasteiger partial charge is 0.328 e. The number of ether oxygens (including phenoxy) is 2. The van der Waals surface area contributed by atoms with Crippen molar-refractivity contribution in [3.05, 3.63) is 44.8 Å². The molecule has 0 unspecified atom stereocenters. The zero-order valence-corrected chi connectivity index (χ0v) is 19.8. The van der Waals surface area contributed by atoms with E-state index in [0.717, 1.165) is 0 Å². The first kappa shape index (κ1) is 25.5. The summed E-state index contributed by atoms with van der Waals surface area (Å²) < 4.78 is 27.1. The van der Waals surface area contributed by atoms with Gasteiger partial charge in [-0.05, 0) is 54.0 Å². The van der Waals surface area contributed by atoms with Gasteiger partial charge in [0.1, 0.15) is 19.4 Å². The first-order valence-corrected chi connectivity index (χ1v) is 10.5. The summed E-state index contributed by atoms with van der Waals surface area (Å²) in [7, 11) is 0. The van der Waals surface area contributed by atoms with Crippen molar-refractivity contribution in [2.24, 2.45) is 16.2 Å². The van der Waals surface area contributed by atoms with Crippen LogP contribution in [0.25, 0.3) is 0 Å². The van der Waals surface area contributed by atoms with Crippen LogP contribution in [-0.2, 0) is 19.1 Å². The lowest BCUT2D eigenvalue weighted by molar-refractivity contribution is -0.170. The van der Waals surface area contributed by atoms with Crippen LogP contribution >= 0.6 is 0 Å². The van der Waals surface area contributed by atoms with Gasteiger partial charge < -0.3 is 9.47 Å². The van der Waals surface area contributed by atoms with Crippen LogP contribution in [0.3, 0.4) is 0 Å². The number of hydrogen-bond acceptors (Lipinski definition) is 6. The molecule has 2 rings (SSSR count). The normalized spacial score (nSPS) is 23.8. The van der Waals surface area contributed by atoms with E-state index in [-0.39, 0.29) is 17.6 Å². The van der Waals surface area contributed by atoms with Gasteiger partial charge in [-0.2, -0.15) is 0 Å². The molecule has 0 aliphatic heterocycles. The Balaban J connectivity index is 2.53. The number of aromatic nitrogens is 2. The first-order chi connectivity index (χ1) is 14.5. The van der Waals surface area contributed by atoms with E-state index >= 15 is 0 Å². The number of alkyl halides is 1. The van der Waals surface area contributed by atoms with E-state index in [1.54, 1.807) is 41.5 Å². The fraction of sp³-hybridized carbons (Fsp3) is 0.652. The minimum absolute atomic E-state index is 0.0447. The van der Waals surface area contributed by atoms with Crippen LogP contribution in [0, 0.1) is 23.2 Å². The fourth-order valence-corrected chi connectivity index (χ4v) is 3.48. The van der Waals surface area contributed by atoms with Gasteiger partial charge in [0.25, 0.3) is 5.56 Å². The molecule has 0 saturated heterocycles. The van der Waals surface area contributed by atoms with Crippen molar-refractivity contribution >= 4 is 11.9 Å². The molecular weight excluding hydrogens is 419 g/mol. The number of nitrogens with one attached hydrogen (secondary N) is 1. The number of esters is 2. The summed E-state index contributed by atoms with van der Waals surface area (Å²) in [6.45, 7) is 14.2. The van der Waals surface area contributed by atoms with E-state index in [1.807, 2.05) is 0 Å². The minimum atomic E-state index is -1.53. The van der Waals surface area contributed by atoms with Crippen LogP contribution in [0.4, 0.5) is 4.39 Å². The second-order valence-corrected chi connectivity index (χ2v) is 10.5. The highest BCUT2D eigenvalue weighted by Crippen LogP contribution is 2.50. The van der Waals surface area contributed by atoms with Crippen molar-refractivity contribution in [2.75, 3.05) is 13.3 Å². The number of hydrogen-bond donors (Lipinski definition) is 1. The lowest BCUT2D eigenvalue weighted by Crippen LogP contribution is -2.44. The van der Waals surface area contributed by atoms with Gasteiger partial charge in [-0.15, -0.1) is 0 Å². The molecule has 1 aliphatic rings. The number of aromatic amines is 1. The zero-order chi connectivity index (χ0) is 24.6. The number of rotatable bonds is 5. The summed E-state index contributed by atoms with van der Waals surface area (Å²) in [5, 5.41) is 0. The Morgan fingerprint density at radius 3 is 2.25 bits per heavy atom. The molecule has 1 aromatic heterocycles. The molecule has 0 amide bonds. The molecular formula is C23H33FN2O6. The standard InChI is InChI=1S/C23H33FN2O6/c1-13-10-26(20(30)25-17(13)27)15-9-16(32-19(29)22(6,7)8)23(11-24,14(15)2)12-31-18(28)21(3,4)5/h10,15-16H,2,9,11-12H2,1,3-8H3,(H,25,27,30)/t15-,16-,23-/m0/s1. The Kier molecular flexibility index (Phi) is 6.92. The van der Waals surface area contributed by atoms with Gasteiger partial charge in [0.2, 0.25) is 0 Å². The molecule has 0 aromatic carbocycles. The van der Waals surface area contributed by atoms with Gasteiger partial charge in [-0.3, -0.25) is 23.9 Å². The van der Waals surface area contributed by atoms with E-state index in [2.05, 4.69) is 11.6 Å². The van der Waals surface area contributed by atoms with Gasteiger partial charge in [0, 0.05) is 18.2 Å². The number of aryl methyl sites for hydroxylation is 1. The summed E-state index contributed by atoms with van der Waals surface area (Å²) in [5.41, 5.74) is -3.87. The largest absolute Gasteiger partial charge is 0.464 e. The predicted octanol–water partition coefficient (Wildman–Crippen LogP) is 2.85. The van der Waals surface area contributed by atoms with Gasteiger partial charge >= 0.3 is 17.6 Å². The van der Waals surface area contributed by atoms with Crippen LogP contribution in [0.2, 0.25) is 0 Å². The second-order valence-electron chi connectivity index (χ2n) is 10.5. The first-order valence-electron chi connectivity index (χ1n) is 10.5. The predicted molar refractivity (Wildman–Crippen MR) is 117 cm³/mol. The maximum absolute atomic E-state index is 14.7. The van der Waals surface area contributed by atoms with Crippen molar-refractivity contribution in [3.8, 4) is 0 Å². The molecule has 0 radical (unpaired) electrons. The summed E-state index contributed by atoms with van der Waals surface area (Å²) in [6, 6.07) is -0.764. The van der Waals surface area contributed by atoms with E-state index in [0.29, 0.717) is 0 Å². The minimum Gasteiger partial charge on any atom is -0.464 e. The molecule has 1 saturated carbocycles. The van der Waals surface area contributed by atoms with Crippen molar-refractivity contribution < 1.29 is 23.5 Å². The van der Waals surface area contributed by atoms with Gasteiger partial charge in [0.05, 0.1) is 22.3 Å². The second kappa shape index (κ2) is 8.67. The lowest BCUT2D eigenvalue weighted by atomic mass is 9.82. The molecule has 9 heteroatoms. The average Bonchev–Trinajstić information content (AvgIpc) is 2.93. The van der Waals surface area contributed by atoms with Crippen LogP contribution in [0.1, 0.15) is 59.6 Å². The van der Waals surface area contributed by atoms with Crippen LogP contribution in [-0.4, -0.2) is 40.9 Å². The average molecular weight is 453 g/mol. The zero-order valence-electron chi connectivity index (χ0n) is 19.8. The number of nitrogens with zero attached hydrogens (tertiary/aromatic N) is 1. The summed E-state index contributed by atoms with van der Waals surface area (Å²) >= 11 is 0. The SMILES string of the molecule is C=C1[C@@H](n2cc(C)c(=O)[nH]c2=O)C[C@H](OC(=O)C(C)(C)C)[C@@]1(CF)COC(=O)C(C)(C)C. The Labute approximate surface area is 186 Å². The molecule has 3 atom stereocenters. The van der Waals surface area contributed by atoms with Gasteiger partial charge in [-0.25, -0.2) is 9.18 Å². The van der Waals surface area contributed by atoms with Crippen molar-refractivity contribution in [1.82, 2.24) is 9.55 Å². The highest BCUT2D eigenvalue weighted by atomic mass is 19.1. The van der Waals surface area contributed by atoms with E-state index in [4.69, 9.17) is 9.47 Å². The maximum atomic E-state index is 14.7. The third kappa shape index (κ3) is 4.86. The van der Waals surface area contributed by atoms with Gasteiger partial charge in [0.15, 0.2) is 0 Å². The van der Waals surface area contributed by atoms with E-state index in [1.165, 1.54) is 17.7 Å². The van der Waals surface area contributed by atoms with Crippen molar-refractivity contribution in [1.29, 1.82) is 0 Å². The fourth-order valence-electron chi connectivity index (χ4n) is 3.48. The van der Waals surface area contributed by atoms with Crippen LogP contribution in [0.15, 0.2) is 27.9 Å². The summed E-state index contributed by atoms with van der Waals surface area (Å²) in [6.07, 6.45) is 0.390. The van der Waals surface area contributed by atoms with E-state index < -0.39 is 64.9 Å². The van der Waals surface area contributed by atoms with Crippen molar-refractivity contribution in [2.45, 2.75) is 67.0 Å². The number of H-pyrrole nitrogens is 1. The van der Waals surface area contributed by atoms with Gasteiger partial charge in [-0.1, -0.05) is 6.58 Å². The molecule has 32 heavy (non-hydrogen) atoms. The topological polar surface area (TPSA) is 107 Å². The molecule has 1 fully saturated rings. The quantitative estimate of drug-likeness (QED) is 0.544. The Hall–Kier alpha value is -2.71. The lowest BCUT2D eigenvalue weighted by Gasteiger charge is -2.35. The Bertz CT molecular complexity index is 1030. The molecule has 8 nitrogen and oxygen atoms in total. The summed E-state index contributed by atoms with van der Waals surface area (Å²) in [4.78, 5) is 51.5. The molecule has 1 N–H and O–H groups in total. The van der Waals surface area contributed by atoms with Crippen molar-refractivity contribution in [3.63, 3.8) is 0 Å². The van der Waals surface area contributed by atoms with Crippen LogP contribution < -0.4 is 11.2 Å². The molecule has 1 aromatic rings. The Morgan fingerprint density at radius 1 is 1.19 bits per heavy atom. The third-order valence-electron chi connectivity index (χ3n) is 5.75. The highest BCUT2D eigenvalue weighted by molar-refractivity contribution is 5.76. The summed E-state index contributed by atoms with van der Waals surface area (Å²) in [5.74, 6) is -1.10. The number of carbonyl (C=O) groups is 2. The molecule has 0 spiro atoms. The number of halogens is 1. The number of carbonyl (C=O) groups excluding carboxylic acids is 2. The maximum Gasteiger partial charge on any atom is 0.328 e. The molecule has 0 bridgehead atoms. The highest BCUT2D eigenvalue weighted by Gasteiger charge is 2.55. The van der Waals surface area contributed by atoms with E-state index in [9.17, 15) is 23.6 Å². The molecule has 1 heterocycles. The van der Waals surface area contributed by atoms with Crippen LogP contribution in [0.5, 0.6) is 0 Å². The Morgan fingerprint density at radius 2 is 1.75 bits per heavy atom. The third-order valence-corrected chi connectivity index (χ3v) is 5.75.